The van der Waals surface area contributed by atoms with Crippen LogP contribution in [-0.2, 0) is 0 Å². The Labute approximate surface area is 46.3 Å². The van der Waals surface area contributed by atoms with Crippen LogP contribution in [-0.4, -0.2) is 0 Å². The van der Waals surface area contributed by atoms with Gasteiger partial charge in [0.1, 0.15) is 0 Å². The van der Waals surface area contributed by atoms with Crippen LogP contribution in [0.3, 0.4) is 0 Å². The van der Waals surface area contributed by atoms with Crippen molar-refractivity contribution in [2.24, 2.45) is 0 Å². The Morgan fingerprint density at radius 2 is 2.29 bits per heavy atom. The summed E-state index contributed by atoms with van der Waals surface area (Å²) in [6.45, 7) is 9.11. The third-order valence-corrected chi connectivity index (χ3v) is 0.517. The lowest BCUT2D eigenvalue weighted by molar-refractivity contribution is 1.56. The van der Waals surface area contributed by atoms with Gasteiger partial charge in [-0.2, -0.15) is 0 Å². The first-order valence-electron chi connectivity index (χ1n) is 2.22. The van der Waals surface area contributed by atoms with Gasteiger partial charge in [0.25, 0.3) is 0 Å². The molecule has 7 heavy (non-hydrogen) atoms. The number of rotatable bonds is 2. The van der Waals surface area contributed by atoms with Crippen LogP contribution in [0, 0.1) is 0 Å². The minimum absolute atomic E-state index is 0. The van der Waals surface area contributed by atoms with Crippen molar-refractivity contribution < 1.29 is 1.43 Å². The van der Waals surface area contributed by atoms with Gasteiger partial charge >= 0.3 is 0 Å². The van der Waals surface area contributed by atoms with E-state index in [-0.39, 0.29) is 1.43 Å². The van der Waals surface area contributed by atoms with E-state index in [2.05, 4.69) is 13.2 Å². The summed E-state index contributed by atoms with van der Waals surface area (Å²) in [7, 11) is 0. The van der Waals surface area contributed by atoms with Crippen LogP contribution < -0.4 is 0 Å². The Morgan fingerprint density at radius 1 is 1.71 bits per heavy atom. The number of allylic oxidation sites excluding steroid dienone is 4. The predicted molar refractivity (Wildman–Crippen MR) is 36.3 cm³/mol. The Kier molecular flexibility index (Phi) is 3.03. The van der Waals surface area contributed by atoms with E-state index in [4.69, 9.17) is 0 Å². The van der Waals surface area contributed by atoms with Gasteiger partial charge in [0.15, 0.2) is 0 Å². The number of hydrogen-bond acceptors (Lipinski definition) is 0. The highest BCUT2D eigenvalue weighted by Crippen LogP contribution is 1.86. The highest BCUT2D eigenvalue weighted by atomic mass is 13.7. The molecule has 0 spiro atoms. The minimum Gasteiger partial charge on any atom is -0.0991 e. The van der Waals surface area contributed by atoms with E-state index in [9.17, 15) is 0 Å². The van der Waals surface area contributed by atoms with Crippen LogP contribution >= 0.6 is 0 Å². The molecule has 0 aromatic carbocycles. The van der Waals surface area contributed by atoms with E-state index in [0.29, 0.717) is 0 Å². The van der Waals surface area contributed by atoms with Crippen molar-refractivity contribution in [3.8, 4) is 0 Å². The molecule has 0 aliphatic rings. The molecular weight excluding hydrogens is 84.1 g/mol. The fourth-order valence-electron chi connectivity index (χ4n) is 0.232. The van der Waals surface area contributed by atoms with E-state index in [0.717, 1.165) is 5.57 Å². The molecule has 0 atom stereocenters. The largest absolute Gasteiger partial charge is 0.0991 e. The predicted octanol–water partition coefficient (Wildman–Crippen LogP) is 2.55. The van der Waals surface area contributed by atoms with E-state index in [1.807, 2.05) is 19.1 Å². The molecule has 40 valence electrons. The van der Waals surface area contributed by atoms with E-state index < -0.39 is 0 Å². The summed E-state index contributed by atoms with van der Waals surface area (Å²) in [5, 5.41) is 0. The monoisotopic (exact) mass is 96.1 g/mol. The first kappa shape index (κ1) is 6.22. The highest BCUT2D eigenvalue weighted by molar-refractivity contribution is 5.15. The van der Waals surface area contributed by atoms with Gasteiger partial charge in [0.05, 0.1) is 0 Å². The fourth-order valence-corrected chi connectivity index (χ4v) is 0.232. The quantitative estimate of drug-likeness (QED) is 0.463. The Morgan fingerprint density at radius 3 is 2.43 bits per heavy atom. The summed E-state index contributed by atoms with van der Waals surface area (Å²) in [5.41, 5.74) is 1.06. The van der Waals surface area contributed by atoms with Crippen LogP contribution in [0.1, 0.15) is 8.35 Å². The zero-order valence-corrected chi connectivity index (χ0v) is 4.65. The second-order valence-electron chi connectivity index (χ2n) is 1.44. The average Bonchev–Trinajstić information content (AvgIpc) is 1.61. The molecule has 0 amide bonds. The van der Waals surface area contributed by atoms with Gasteiger partial charge in [-0.25, -0.2) is 0 Å². The third-order valence-electron chi connectivity index (χ3n) is 0.517. The second kappa shape index (κ2) is 3.41. The normalized spacial score (nSPS) is 9.29. The lowest BCUT2D eigenvalue weighted by atomic mass is 10.3. The summed E-state index contributed by atoms with van der Waals surface area (Å²) in [4.78, 5) is 0. The molecule has 0 aliphatic heterocycles. The van der Waals surface area contributed by atoms with Crippen molar-refractivity contribution in [3.63, 3.8) is 0 Å². The molecule has 0 nitrogen and oxygen atoms in total. The van der Waals surface area contributed by atoms with Crippen molar-refractivity contribution >= 4 is 0 Å². The van der Waals surface area contributed by atoms with Crippen molar-refractivity contribution in [2.75, 3.05) is 0 Å². The van der Waals surface area contributed by atoms with Gasteiger partial charge in [-0.3, -0.25) is 0 Å². The Hall–Kier alpha value is -0.780. The van der Waals surface area contributed by atoms with Crippen LogP contribution in [0.25, 0.3) is 0 Å². The first-order valence-corrected chi connectivity index (χ1v) is 2.22. The zero-order chi connectivity index (χ0) is 5.70. The van der Waals surface area contributed by atoms with Gasteiger partial charge in [0, 0.05) is 1.43 Å². The molecule has 0 fully saturated rings. The summed E-state index contributed by atoms with van der Waals surface area (Å²) in [5.74, 6) is 0. The van der Waals surface area contributed by atoms with E-state index >= 15 is 0 Å². The lowest BCUT2D eigenvalue weighted by Gasteiger charge is -1.77. The van der Waals surface area contributed by atoms with E-state index in [1.54, 1.807) is 6.08 Å². The minimum atomic E-state index is 0. The van der Waals surface area contributed by atoms with Gasteiger partial charge in [0.2, 0.25) is 0 Å². The van der Waals surface area contributed by atoms with Gasteiger partial charge in [-0.15, -0.1) is 0 Å². The third kappa shape index (κ3) is 5.22. The molecule has 0 heterocycles. The SMILES string of the molecule is C=C/C=C\C(=C)C.[HH]. The molecule has 0 unspecified atom stereocenters. The van der Waals surface area contributed by atoms with Crippen molar-refractivity contribution in [1.82, 2.24) is 0 Å². The maximum Gasteiger partial charge on any atom is 0 e. The van der Waals surface area contributed by atoms with Crippen molar-refractivity contribution in [2.45, 2.75) is 6.92 Å². The van der Waals surface area contributed by atoms with Crippen LogP contribution in [0.2, 0.25) is 0 Å². The van der Waals surface area contributed by atoms with Crippen LogP contribution in [0.5, 0.6) is 0 Å². The molecule has 0 bridgehead atoms. The number of hydrogen-bond donors (Lipinski definition) is 0. The molecule has 0 saturated carbocycles. The van der Waals surface area contributed by atoms with Crippen molar-refractivity contribution in [1.29, 1.82) is 0 Å². The van der Waals surface area contributed by atoms with Crippen LogP contribution in [0.15, 0.2) is 37.0 Å². The first-order chi connectivity index (χ1) is 3.27. The topological polar surface area (TPSA) is 0 Å². The van der Waals surface area contributed by atoms with Gasteiger partial charge in [-0.05, 0) is 6.92 Å². The molecule has 0 rings (SSSR count). The van der Waals surface area contributed by atoms with Crippen molar-refractivity contribution in [3.05, 3.63) is 37.0 Å². The standard InChI is InChI=1S/C7H10.H2/c1-4-5-6-7(2)3;/h4-6H,1-2H2,3H3;1H/b6-5-;. The summed E-state index contributed by atoms with van der Waals surface area (Å²) < 4.78 is 0. The van der Waals surface area contributed by atoms with Crippen LogP contribution in [0.4, 0.5) is 0 Å². The Balaban J connectivity index is 0. The Bertz CT molecular complexity index is 101. The molecule has 0 saturated heterocycles. The van der Waals surface area contributed by atoms with Gasteiger partial charge < -0.3 is 0 Å². The smallest absolute Gasteiger partial charge is 0 e. The fraction of sp³-hybridized carbons (Fsp3) is 0.143. The molecule has 0 aromatic heterocycles. The summed E-state index contributed by atoms with van der Waals surface area (Å²) >= 11 is 0. The summed E-state index contributed by atoms with van der Waals surface area (Å²) in [6, 6.07) is 0. The highest BCUT2D eigenvalue weighted by Gasteiger charge is 1.65. The maximum atomic E-state index is 3.66. The summed E-state index contributed by atoms with van der Waals surface area (Å²) in [6.07, 6.45) is 5.50. The molecule has 0 N–H and O–H groups in total. The molecule has 0 radical (unpaired) electrons. The second-order valence-corrected chi connectivity index (χ2v) is 1.44. The van der Waals surface area contributed by atoms with Gasteiger partial charge in [-0.1, -0.05) is 37.0 Å². The molecule has 0 heteroatoms. The molecule has 0 aromatic rings. The zero-order valence-electron chi connectivity index (χ0n) is 4.65. The maximum absolute atomic E-state index is 3.66. The molecule has 0 aliphatic carbocycles. The lowest BCUT2D eigenvalue weighted by Crippen LogP contribution is -1.55. The molecular formula is C7H12. The van der Waals surface area contributed by atoms with E-state index in [1.165, 1.54) is 0 Å². The average molecular weight is 96.2 g/mol.